The Balaban J connectivity index is 2.87. The lowest BCUT2D eigenvalue weighted by atomic mass is 9.85. The molecule has 0 radical (unpaired) electrons. The van der Waals surface area contributed by atoms with Crippen LogP contribution in [-0.4, -0.2) is 80.5 Å². The number of nitrogens with one attached hydrogen (secondary N) is 2. The van der Waals surface area contributed by atoms with E-state index < -0.39 is 23.9 Å². The molecule has 1 heterocycles. The van der Waals surface area contributed by atoms with Crippen molar-refractivity contribution in [1.29, 1.82) is 0 Å². The van der Waals surface area contributed by atoms with Gasteiger partial charge in [-0.15, -0.1) is 0 Å². The van der Waals surface area contributed by atoms with Crippen LogP contribution in [0.2, 0.25) is 0 Å². The van der Waals surface area contributed by atoms with Crippen LogP contribution in [0.4, 0.5) is 0 Å². The molecule has 6 N–H and O–H groups in total. The topological polar surface area (TPSA) is 180 Å². The molecule has 1 aliphatic heterocycles. The summed E-state index contributed by atoms with van der Waals surface area (Å²) < 4.78 is 0. The third-order valence-electron chi connectivity index (χ3n) is 6.15. The standard InChI is InChI=1S/C22H40N4O8/c27-19(28)9-7-17-3-1-13-25(15-11-21(31)32)23-24-26(16-12-22(33)34)14-2-4-18(6-5-17)8-10-20(29)30/h17-18,23-24H,1-16H2,(H,27,28)(H,29,30)(H,31,32)(H,33,34). The first-order valence-corrected chi connectivity index (χ1v) is 12.0. The fourth-order valence-corrected chi connectivity index (χ4v) is 4.18. The lowest BCUT2D eigenvalue weighted by molar-refractivity contribution is -0.139. The van der Waals surface area contributed by atoms with E-state index in [9.17, 15) is 19.2 Å². The number of nitrogens with zero attached hydrogens (tertiary/aromatic N) is 2. The molecule has 1 fully saturated rings. The maximum Gasteiger partial charge on any atom is 0.304 e. The number of hydrogen-bond acceptors (Lipinski definition) is 8. The zero-order valence-electron chi connectivity index (χ0n) is 19.8. The van der Waals surface area contributed by atoms with E-state index in [0.29, 0.717) is 25.9 Å². The molecule has 1 rings (SSSR count). The average molecular weight is 489 g/mol. The Kier molecular flexibility index (Phi) is 15.0. The Hall–Kier alpha value is -2.28. The Morgan fingerprint density at radius 2 is 0.941 bits per heavy atom. The van der Waals surface area contributed by atoms with Gasteiger partial charge in [-0.05, 0) is 50.4 Å². The maximum absolute atomic E-state index is 11.1. The summed E-state index contributed by atoms with van der Waals surface area (Å²) in [5, 5.41) is 39.8. The molecule has 0 aliphatic carbocycles. The zero-order valence-corrected chi connectivity index (χ0v) is 19.8. The molecule has 0 aromatic rings. The van der Waals surface area contributed by atoms with Crippen LogP contribution < -0.4 is 11.1 Å². The van der Waals surface area contributed by atoms with E-state index in [1.165, 1.54) is 0 Å². The van der Waals surface area contributed by atoms with Gasteiger partial charge < -0.3 is 20.4 Å². The largest absolute Gasteiger partial charge is 0.481 e. The smallest absolute Gasteiger partial charge is 0.304 e. The van der Waals surface area contributed by atoms with Crippen molar-refractivity contribution in [2.45, 2.75) is 77.0 Å². The van der Waals surface area contributed by atoms with Gasteiger partial charge in [0.2, 0.25) is 0 Å². The molecule has 1 aliphatic rings. The van der Waals surface area contributed by atoms with Crippen molar-refractivity contribution in [3.8, 4) is 0 Å². The summed E-state index contributed by atoms with van der Waals surface area (Å²) in [5.41, 5.74) is 6.00. The molecule has 0 aromatic carbocycles. The van der Waals surface area contributed by atoms with Gasteiger partial charge in [-0.3, -0.25) is 19.2 Å². The molecule has 0 amide bonds. The van der Waals surface area contributed by atoms with E-state index in [-0.39, 0.29) is 50.6 Å². The molecule has 12 nitrogen and oxygen atoms in total. The van der Waals surface area contributed by atoms with Gasteiger partial charge in [0.15, 0.2) is 0 Å². The zero-order chi connectivity index (χ0) is 25.3. The van der Waals surface area contributed by atoms with Crippen LogP contribution in [0.3, 0.4) is 0 Å². The SMILES string of the molecule is O=C(O)CCC1CCCN(CCC(=O)O)NNN(CCC(=O)O)CCCC(CCC(=O)O)CC1. The minimum absolute atomic E-state index is 0.0580. The van der Waals surface area contributed by atoms with Crippen molar-refractivity contribution >= 4 is 23.9 Å². The van der Waals surface area contributed by atoms with Crippen molar-refractivity contribution in [2.24, 2.45) is 11.8 Å². The molecule has 196 valence electrons. The van der Waals surface area contributed by atoms with Gasteiger partial charge in [-0.25, -0.2) is 10.0 Å². The molecular formula is C22H40N4O8. The number of carboxylic acids is 4. The number of hydrogen-bond donors (Lipinski definition) is 6. The van der Waals surface area contributed by atoms with Crippen molar-refractivity contribution in [3.63, 3.8) is 0 Å². The lowest BCUT2D eigenvalue weighted by Gasteiger charge is -2.30. The van der Waals surface area contributed by atoms with E-state index in [1.54, 1.807) is 10.0 Å². The van der Waals surface area contributed by atoms with Crippen LogP contribution in [0.1, 0.15) is 77.0 Å². The van der Waals surface area contributed by atoms with Gasteiger partial charge in [0.05, 0.1) is 12.8 Å². The third kappa shape index (κ3) is 15.5. The van der Waals surface area contributed by atoms with Crippen molar-refractivity contribution in [3.05, 3.63) is 0 Å². The summed E-state index contributed by atoms with van der Waals surface area (Å²) in [6, 6.07) is 0. The second-order valence-electron chi connectivity index (χ2n) is 8.94. The first kappa shape index (κ1) is 29.8. The predicted octanol–water partition coefficient (Wildman–Crippen LogP) is 1.78. The monoisotopic (exact) mass is 488 g/mol. The van der Waals surface area contributed by atoms with Gasteiger partial charge in [-0.1, -0.05) is 12.8 Å². The van der Waals surface area contributed by atoms with Crippen LogP contribution in [0.5, 0.6) is 0 Å². The lowest BCUT2D eigenvalue weighted by Crippen LogP contribution is -2.56. The highest BCUT2D eigenvalue weighted by Crippen LogP contribution is 2.27. The highest BCUT2D eigenvalue weighted by Gasteiger charge is 2.19. The Labute approximate surface area is 200 Å². The number of aliphatic carboxylic acids is 4. The molecule has 34 heavy (non-hydrogen) atoms. The van der Waals surface area contributed by atoms with E-state index in [1.807, 2.05) is 0 Å². The first-order valence-electron chi connectivity index (χ1n) is 12.0. The van der Waals surface area contributed by atoms with E-state index in [4.69, 9.17) is 20.4 Å². The molecule has 0 saturated carbocycles. The quantitative estimate of drug-likeness (QED) is 0.235. The van der Waals surface area contributed by atoms with E-state index in [2.05, 4.69) is 11.1 Å². The number of rotatable bonds is 12. The number of carbonyl (C=O) groups is 4. The van der Waals surface area contributed by atoms with Gasteiger partial charge in [0, 0.05) is 39.0 Å². The Bertz CT molecular complexity index is 542. The maximum atomic E-state index is 11.1. The normalized spacial score (nSPS) is 22.0. The van der Waals surface area contributed by atoms with Gasteiger partial charge in [-0.2, -0.15) is 11.1 Å². The van der Waals surface area contributed by atoms with Crippen molar-refractivity contribution in [2.75, 3.05) is 26.2 Å². The Morgan fingerprint density at radius 1 is 0.588 bits per heavy atom. The predicted molar refractivity (Wildman–Crippen MR) is 122 cm³/mol. The highest BCUT2D eigenvalue weighted by atomic mass is 16.4. The molecular weight excluding hydrogens is 448 g/mol. The molecule has 2 unspecified atom stereocenters. The number of hydrazine groups is 3. The van der Waals surface area contributed by atoms with Crippen LogP contribution in [0.15, 0.2) is 0 Å². The molecule has 0 spiro atoms. The van der Waals surface area contributed by atoms with Gasteiger partial charge >= 0.3 is 23.9 Å². The average Bonchev–Trinajstić information content (AvgIpc) is 2.76. The van der Waals surface area contributed by atoms with Crippen LogP contribution in [-0.2, 0) is 19.2 Å². The number of carboxylic acid groups (broad SMARTS) is 4. The summed E-state index contributed by atoms with van der Waals surface area (Å²) >= 11 is 0. The molecule has 0 bridgehead atoms. The fourth-order valence-electron chi connectivity index (χ4n) is 4.18. The summed E-state index contributed by atoms with van der Waals surface area (Å²) in [4.78, 5) is 44.2. The van der Waals surface area contributed by atoms with Crippen molar-refractivity contribution < 1.29 is 39.6 Å². The van der Waals surface area contributed by atoms with Crippen LogP contribution >= 0.6 is 0 Å². The van der Waals surface area contributed by atoms with E-state index in [0.717, 1.165) is 38.5 Å². The second kappa shape index (κ2) is 17.2. The van der Waals surface area contributed by atoms with Gasteiger partial charge in [0.1, 0.15) is 0 Å². The van der Waals surface area contributed by atoms with E-state index >= 15 is 0 Å². The first-order chi connectivity index (χ1) is 16.2. The fraction of sp³-hybridized carbons (Fsp3) is 0.818. The van der Waals surface area contributed by atoms with Crippen molar-refractivity contribution in [1.82, 2.24) is 21.1 Å². The summed E-state index contributed by atoms with van der Waals surface area (Å²) in [6.07, 6.45) is 5.85. The Morgan fingerprint density at radius 3 is 1.26 bits per heavy atom. The summed E-state index contributed by atoms with van der Waals surface area (Å²) in [5.74, 6) is -3.11. The summed E-state index contributed by atoms with van der Waals surface area (Å²) in [7, 11) is 0. The summed E-state index contributed by atoms with van der Waals surface area (Å²) in [6.45, 7) is 1.59. The second-order valence-corrected chi connectivity index (χ2v) is 8.94. The highest BCUT2D eigenvalue weighted by molar-refractivity contribution is 5.67. The van der Waals surface area contributed by atoms with Gasteiger partial charge in [0.25, 0.3) is 0 Å². The molecule has 1 saturated heterocycles. The minimum atomic E-state index is -0.921. The third-order valence-corrected chi connectivity index (χ3v) is 6.15. The molecule has 2 atom stereocenters. The molecule has 0 aromatic heterocycles. The minimum Gasteiger partial charge on any atom is -0.481 e. The van der Waals surface area contributed by atoms with Crippen LogP contribution in [0.25, 0.3) is 0 Å². The molecule has 12 heteroatoms. The van der Waals surface area contributed by atoms with Crippen LogP contribution in [0, 0.1) is 11.8 Å².